The monoisotopic (exact) mass is 241 g/mol. The van der Waals surface area contributed by atoms with E-state index in [9.17, 15) is 4.79 Å². The molecule has 1 aromatic rings. The van der Waals surface area contributed by atoms with Crippen molar-refractivity contribution in [1.29, 1.82) is 0 Å². The first-order valence-electron chi connectivity index (χ1n) is 5.21. The third-order valence-corrected chi connectivity index (χ3v) is 2.62. The number of hydrogen-bond acceptors (Lipinski definition) is 2. The zero-order valence-electron chi connectivity index (χ0n) is 9.40. The van der Waals surface area contributed by atoms with Crippen LogP contribution in [0.4, 0.5) is 0 Å². The van der Waals surface area contributed by atoms with Gasteiger partial charge in [-0.1, -0.05) is 37.6 Å². The molecular weight excluding hydrogens is 226 g/mol. The SMILES string of the molecule is CC(C)C(NCc1ccc(Cl)cc1)C(=O)O. The third-order valence-electron chi connectivity index (χ3n) is 2.37. The first kappa shape index (κ1) is 13.0. The lowest BCUT2D eigenvalue weighted by Gasteiger charge is -2.17. The van der Waals surface area contributed by atoms with Crippen LogP contribution in [0.2, 0.25) is 5.02 Å². The maximum absolute atomic E-state index is 10.9. The lowest BCUT2D eigenvalue weighted by atomic mass is 10.0. The number of carboxylic acids is 1. The molecule has 1 aromatic carbocycles. The van der Waals surface area contributed by atoms with Crippen LogP contribution in [0.1, 0.15) is 19.4 Å². The van der Waals surface area contributed by atoms with Gasteiger partial charge in [-0.25, -0.2) is 0 Å². The number of nitrogens with one attached hydrogen (secondary N) is 1. The summed E-state index contributed by atoms with van der Waals surface area (Å²) in [4.78, 5) is 10.9. The van der Waals surface area contributed by atoms with Gasteiger partial charge in [0.25, 0.3) is 0 Å². The molecule has 0 heterocycles. The molecule has 0 spiro atoms. The molecule has 0 amide bonds. The van der Waals surface area contributed by atoms with E-state index in [0.29, 0.717) is 11.6 Å². The number of halogens is 1. The van der Waals surface area contributed by atoms with Gasteiger partial charge in [0.1, 0.15) is 6.04 Å². The Bertz CT molecular complexity index is 349. The minimum absolute atomic E-state index is 0.0600. The van der Waals surface area contributed by atoms with Crippen molar-refractivity contribution in [3.63, 3.8) is 0 Å². The fraction of sp³-hybridized carbons (Fsp3) is 0.417. The molecule has 1 rings (SSSR count). The Morgan fingerprint density at radius 2 is 1.94 bits per heavy atom. The van der Waals surface area contributed by atoms with Gasteiger partial charge in [0, 0.05) is 11.6 Å². The van der Waals surface area contributed by atoms with Crippen LogP contribution in [-0.2, 0) is 11.3 Å². The van der Waals surface area contributed by atoms with E-state index in [-0.39, 0.29) is 5.92 Å². The van der Waals surface area contributed by atoms with E-state index in [1.54, 1.807) is 12.1 Å². The Balaban J connectivity index is 2.55. The Labute approximate surface area is 100 Å². The van der Waals surface area contributed by atoms with Crippen LogP contribution < -0.4 is 5.32 Å². The van der Waals surface area contributed by atoms with Gasteiger partial charge in [-0.3, -0.25) is 4.79 Å². The van der Waals surface area contributed by atoms with Gasteiger partial charge in [-0.05, 0) is 23.6 Å². The smallest absolute Gasteiger partial charge is 0.320 e. The molecule has 0 saturated heterocycles. The Hall–Kier alpha value is -1.06. The number of aliphatic carboxylic acids is 1. The fourth-order valence-electron chi connectivity index (χ4n) is 1.44. The second-order valence-corrected chi connectivity index (χ2v) is 4.50. The van der Waals surface area contributed by atoms with E-state index >= 15 is 0 Å². The molecule has 0 aliphatic rings. The molecule has 0 fully saturated rings. The number of rotatable bonds is 5. The minimum atomic E-state index is -0.816. The van der Waals surface area contributed by atoms with Crippen molar-refractivity contribution in [1.82, 2.24) is 5.32 Å². The summed E-state index contributed by atoms with van der Waals surface area (Å²) in [5, 5.41) is 12.7. The molecule has 88 valence electrons. The zero-order chi connectivity index (χ0) is 12.1. The summed E-state index contributed by atoms with van der Waals surface area (Å²) in [7, 11) is 0. The summed E-state index contributed by atoms with van der Waals surface area (Å²) in [6.45, 7) is 4.30. The van der Waals surface area contributed by atoms with Crippen molar-refractivity contribution >= 4 is 17.6 Å². The highest BCUT2D eigenvalue weighted by molar-refractivity contribution is 6.30. The van der Waals surface area contributed by atoms with Crippen LogP contribution in [-0.4, -0.2) is 17.1 Å². The van der Waals surface area contributed by atoms with E-state index in [2.05, 4.69) is 5.32 Å². The zero-order valence-corrected chi connectivity index (χ0v) is 10.2. The standard InChI is InChI=1S/C12H16ClNO2/c1-8(2)11(12(15)16)14-7-9-3-5-10(13)6-4-9/h3-6,8,11,14H,7H2,1-2H3,(H,15,16). The molecule has 3 nitrogen and oxygen atoms in total. The first-order valence-corrected chi connectivity index (χ1v) is 5.59. The summed E-state index contributed by atoms with van der Waals surface area (Å²) >= 11 is 5.76. The summed E-state index contributed by atoms with van der Waals surface area (Å²) < 4.78 is 0. The molecule has 1 atom stereocenters. The third kappa shape index (κ3) is 3.83. The molecule has 0 radical (unpaired) electrons. The lowest BCUT2D eigenvalue weighted by molar-refractivity contribution is -0.140. The van der Waals surface area contributed by atoms with Crippen molar-refractivity contribution in [2.45, 2.75) is 26.4 Å². The molecule has 0 bridgehead atoms. The largest absolute Gasteiger partial charge is 0.480 e. The van der Waals surface area contributed by atoms with Crippen LogP contribution >= 0.6 is 11.6 Å². The minimum Gasteiger partial charge on any atom is -0.480 e. The van der Waals surface area contributed by atoms with E-state index in [4.69, 9.17) is 16.7 Å². The van der Waals surface area contributed by atoms with Crippen LogP contribution in [0.3, 0.4) is 0 Å². The average molecular weight is 242 g/mol. The summed E-state index contributed by atoms with van der Waals surface area (Å²) in [6, 6.07) is 6.84. The molecule has 2 N–H and O–H groups in total. The van der Waals surface area contributed by atoms with E-state index in [1.807, 2.05) is 26.0 Å². The summed E-state index contributed by atoms with van der Waals surface area (Å²) in [5.74, 6) is -0.756. The van der Waals surface area contributed by atoms with Crippen molar-refractivity contribution in [2.24, 2.45) is 5.92 Å². The Kier molecular flexibility index (Phi) is 4.77. The van der Waals surface area contributed by atoms with Gasteiger partial charge in [0.2, 0.25) is 0 Å². The van der Waals surface area contributed by atoms with Crippen molar-refractivity contribution in [3.8, 4) is 0 Å². The number of carboxylic acid groups (broad SMARTS) is 1. The van der Waals surface area contributed by atoms with Gasteiger partial charge in [-0.15, -0.1) is 0 Å². The summed E-state index contributed by atoms with van der Waals surface area (Å²) in [6.07, 6.45) is 0. The predicted octanol–water partition coefficient (Wildman–Crippen LogP) is 2.54. The topological polar surface area (TPSA) is 49.3 Å². The molecule has 0 aromatic heterocycles. The molecular formula is C12H16ClNO2. The highest BCUT2D eigenvalue weighted by atomic mass is 35.5. The molecule has 16 heavy (non-hydrogen) atoms. The van der Waals surface area contributed by atoms with E-state index in [1.165, 1.54) is 0 Å². The number of hydrogen-bond donors (Lipinski definition) is 2. The predicted molar refractivity (Wildman–Crippen MR) is 64.6 cm³/mol. The van der Waals surface area contributed by atoms with Crippen LogP contribution in [0.25, 0.3) is 0 Å². The molecule has 0 saturated carbocycles. The van der Waals surface area contributed by atoms with Crippen molar-refractivity contribution in [2.75, 3.05) is 0 Å². The van der Waals surface area contributed by atoms with E-state index < -0.39 is 12.0 Å². The average Bonchev–Trinajstić information content (AvgIpc) is 2.20. The molecule has 1 unspecified atom stereocenters. The number of benzene rings is 1. The molecule has 4 heteroatoms. The molecule has 0 aliphatic heterocycles. The van der Waals surface area contributed by atoms with Crippen molar-refractivity contribution < 1.29 is 9.90 Å². The fourth-order valence-corrected chi connectivity index (χ4v) is 1.56. The van der Waals surface area contributed by atoms with Crippen LogP contribution in [0.15, 0.2) is 24.3 Å². The van der Waals surface area contributed by atoms with Crippen LogP contribution in [0, 0.1) is 5.92 Å². The van der Waals surface area contributed by atoms with Gasteiger partial charge in [0.15, 0.2) is 0 Å². The second-order valence-electron chi connectivity index (χ2n) is 4.07. The summed E-state index contributed by atoms with van der Waals surface area (Å²) in [5.41, 5.74) is 1.02. The maximum Gasteiger partial charge on any atom is 0.320 e. The Morgan fingerprint density at radius 1 is 1.38 bits per heavy atom. The second kappa shape index (κ2) is 5.87. The lowest BCUT2D eigenvalue weighted by Crippen LogP contribution is -2.40. The van der Waals surface area contributed by atoms with Crippen LogP contribution in [0.5, 0.6) is 0 Å². The quantitative estimate of drug-likeness (QED) is 0.833. The van der Waals surface area contributed by atoms with Gasteiger partial charge >= 0.3 is 5.97 Å². The number of carbonyl (C=O) groups is 1. The van der Waals surface area contributed by atoms with Gasteiger partial charge in [-0.2, -0.15) is 0 Å². The highest BCUT2D eigenvalue weighted by Gasteiger charge is 2.20. The van der Waals surface area contributed by atoms with E-state index in [0.717, 1.165) is 5.56 Å². The van der Waals surface area contributed by atoms with Crippen molar-refractivity contribution in [3.05, 3.63) is 34.9 Å². The highest BCUT2D eigenvalue weighted by Crippen LogP contribution is 2.10. The maximum atomic E-state index is 10.9. The normalized spacial score (nSPS) is 12.8. The van der Waals surface area contributed by atoms with Gasteiger partial charge < -0.3 is 10.4 Å². The first-order chi connectivity index (χ1) is 7.50. The molecule has 0 aliphatic carbocycles. The van der Waals surface area contributed by atoms with Gasteiger partial charge in [0.05, 0.1) is 0 Å². The Morgan fingerprint density at radius 3 is 2.38 bits per heavy atom.